The highest BCUT2D eigenvalue weighted by Crippen LogP contribution is 2.44. The molecule has 3 heterocycles. The van der Waals surface area contributed by atoms with E-state index in [1.54, 1.807) is 24.3 Å². The SMILES string of the molecule is O=c1cc(O)c2sc3nc(-c4ccccc4Cl)cc(C(F)(F)F)c3c2[nH]1. The Morgan fingerprint density at radius 2 is 1.92 bits per heavy atom. The topological polar surface area (TPSA) is 66.0 Å². The molecule has 1 aromatic carbocycles. The van der Waals surface area contributed by atoms with Crippen molar-refractivity contribution in [3.63, 3.8) is 0 Å². The van der Waals surface area contributed by atoms with E-state index in [1.165, 1.54) is 0 Å². The van der Waals surface area contributed by atoms with Crippen LogP contribution in [-0.2, 0) is 6.18 Å². The summed E-state index contributed by atoms with van der Waals surface area (Å²) in [7, 11) is 0. The number of hydrogen-bond acceptors (Lipinski definition) is 4. The molecule has 3 aromatic heterocycles. The molecule has 0 radical (unpaired) electrons. The van der Waals surface area contributed by atoms with Crippen LogP contribution in [0.15, 0.2) is 41.2 Å². The Morgan fingerprint density at radius 1 is 1.19 bits per heavy atom. The first-order valence-electron chi connectivity index (χ1n) is 7.27. The van der Waals surface area contributed by atoms with E-state index in [0.717, 1.165) is 23.5 Å². The van der Waals surface area contributed by atoms with Crippen LogP contribution in [0.5, 0.6) is 5.75 Å². The van der Waals surface area contributed by atoms with Gasteiger partial charge < -0.3 is 10.1 Å². The van der Waals surface area contributed by atoms with Crippen LogP contribution in [0.25, 0.3) is 31.7 Å². The van der Waals surface area contributed by atoms with E-state index >= 15 is 0 Å². The fourth-order valence-electron chi connectivity index (χ4n) is 2.78. The van der Waals surface area contributed by atoms with Gasteiger partial charge in [0.25, 0.3) is 5.56 Å². The molecule has 26 heavy (non-hydrogen) atoms. The van der Waals surface area contributed by atoms with Crippen LogP contribution in [0.4, 0.5) is 13.2 Å². The number of fused-ring (bicyclic) bond motifs is 3. The number of aromatic nitrogens is 2. The number of benzene rings is 1. The molecule has 4 nitrogen and oxygen atoms in total. The third-order valence-corrected chi connectivity index (χ3v) is 5.30. The van der Waals surface area contributed by atoms with E-state index < -0.39 is 17.3 Å². The summed E-state index contributed by atoms with van der Waals surface area (Å²) in [6.07, 6.45) is -4.69. The minimum Gasteiger partial charge on any atom is -0.506 e. The third kappa shape index (κ3) is 2.62. The number of aromatic amines is 1. The number of H-pyrrole nitrogens is 1. The Balaban J connectivity index is 2.17. The Labute approximate surface area is 152 Å². The summed E-state index contributed by atoms with van der Waals surface area (Å²) in [5.41, 5.74) is -1.32. The van der Waals surface area contributed by atoms with Crippen molar-refractivity contribution in [3.05, 3.63) is 57.3 Å². The lowest BCUT2D eigenvalue weighted by atomic mass is 10.1. The van der Waals surface area contributed by atoms with Crippen molar-refractivity contribution in [1.82, 2.24) is 9.97 Å². The molecule has 0 saturated heterocycles. The summed E-state index contributed by atoms with van der Waals surface area (Å²) in [5.74, 6) is -0.390. The highest BCUT2D eigenvalue weighted by molar-refractivity contribution is 7.25. The first-order chi connectivity index (χ1) is 12.3. The average Bonchev–Trinajstić information content (AvgIpc) is 2.92. The lowest BCUT2D eigenvalue weighted by Crippen LogP contribution is -2.08. The van der Waals surface area contributed by atoms with Crippen molar-refractivity contribution in [2.24, 2.45) is 0 Å². The molecule has 0 fully saturated rings. The molecular formula is C17H8ClF3N2O2S. The van der Waals surface area contributed by atoms with Crippen LogP contribution in [0, 0.1) is 0 Å². The highest BCUT2D eigenvalue weighted by atomic mass is 35.5. The van der Waals surface area contributed by atoms with Crippen molar-refractivity contribution in [2.75, 3.05) is 0 Å². The van der Waals surface area contributed by atoms with E-state index in [1.807, 2.05) is 0 Å². The van der Waals surface area contributed by atoms with Gasteiger partial charge in [-0.15, -0.1) is 11.3 Å². The maximum atomic E-state index is 13.7. The Hall–Kier alpha value is -2.58. The summed E-state index contributed by atoms with van der Waals surface area (Å²) in [6, 6.07) is 8.26. The molecule has 0 aliphatic heterocycles. The quantitative estimate of drug-likeness (QED) is 0.465. The molecule has 0 atom stereocenters. The van der Waals surface area contributed by atoms with E-state index in [4.69, 9.17) is 11.6 Å². The van der Waals surface area contributed by atoms with Gasteiger partial charge in [-0.1, -0.05) is 29.8 Å². The molecule has 2 N–H and O–H groups in total. The second-order valence-corrected chi connectivity index (χ2v) is 6.94. The highest BCUT2D eigenvalue weighted by Gasteiger charge is 2.35. The molecule has 0 aliphatic rings. The number of thiophene rings is 1. The van der Waals surface area contributed by atoms with Gasteiger partial charge in [-0.05, 0) is 12.1 Å². The van der Waals surface area contributed by atoms with Crippen LogP contribution in [-0.4, -0.2) is 15.1 Å². The number of hydrogen-bond donors (Lipinski definition) is 2. The number of nitrogens with one attached hydrogen (secondary N) is 1. The molecular weight excluding hydrogens is 389 g/mol. The molecule has 0 aliphatic carbocycles. The normalized spacial score (nSPS) is 12.2. The van der Waals surface area contributed by atoms with E-state index in [-0.39, 0.29) is 36.9 Å². The molecule has 4 rings (SSSR count). The number of halogens is 4. The summed E-state index contributed by atoms with van der Waals surface area (Å²) < 4.78 is 41.3. The van der Waals surface area contributed by atoms with Gasteiger partial charge in [0.2, 0.25) is 0 Å². The predicted molar refractivity (Wildman–Crippen MR) is 94.9 cm³/mol. The van der Waals surface area contributed by atoms with Crippen molar-refractivity contribution in [1.29, 1.82) is 0 Å². The standard InChI is InChI=1S/C17H8ClF3N2O2S/c18-9-4-2-1-3-7(9)10-5-8(17(19,20)21)13-14-15(26-16(13)22-10)11(24)6-12(25)23-14/h1-6H,(H2,23,24,25). The van der Waals surface area contributed by atoms with Gasteiger partial charge in [-0.25, -0.2) is 4.98 Å². The number of nitrogens with zero attached hydrogens (tertiary/aromatic N) is 1. The lowest BCUT2D eigenvalue weighted by molar-refractivity contribution is -0.136. The third-order valence-electron chi connectivity index (χ3n) is 3.87. The van der Waals surface area contributed by atoms with Crippen molar-refractivity contribution in [2.45, 2.75) is 6.18 Å². The summed E-state index contributed by atoms with van der Waals surface area (Å²) >= 11 is 6.96. The maximum absolute atomic E-state index is 13.7. The first kappa shape index (κ1) is 16.9. The molecule has 0 amide bonds. The molecule has 0 unspecified atom stereocenters. The van der Waals surface area contributed by atoms with Crippen molar-refractivity contribution >= 4 is 43.4 Å². The van der Waals surface area contributed by atoms with Gasteiger partial charge in [0, 0.05) is 22.0 Å². The van der Waals surface area contributed by atoms with Gasteiger partial charge in [-0.3, -0.25) is 4.79 Å². The largest absolute Gasteiger partial charge is 0.506 e. The molecule has 0 bridgehead atoms. The zero-order chi connectivity index (χ0) is 18.6. The van der Waals surface area contributed by atoms with Crippen molar-refractivity contribution in [3.8, 4) is 17.0 Å². The minimum atomic E-state index is -4.69. The van der Waals surface area contributed by atoms with E-state index in [0.29, 0.717) is 5.56 Å². The van der Waals surface area contributed by atoms with E-state index in [9.17, 15) is 23.1 Å². The summed E-state index contributed by atoms with van der Waals surface area (Å²) in [5, 5.41) is 9.96. The zero-order valence-corrected chi connectivity index (χ0v) is 14.3. The van der Waals surface area contributed by atoms with Gasteiger partial charge in [0.1, 0.15) is 10.6 Å². The van der Waals surface area contributed by atoms with Crippen molar-refractivity contribution < 1.29 is 18.3 Å². The molecule has 132 valence electrons. The lowest BCUT2D eigenvalue weighted by Gasteiger charge is -2.11. The molecule has 9 heteroatoms. The van der Waals surface area contributed by atoms with Gasteiger partial charge in [-0.2, -0.15) is 13.2 Å². The number of rotatable bonds is 1. The second-order valence-electron chi connectivity index (χ2n) is 5.54. The fourth-order valence-corrected chi connectivity index (χ4v) is 4.08. The molecule has 4 aromatic rings. The van der Waals surface area contributed by atoms with Crippen LogP contribution < -0.4 is 5.56 Å². The first-order valence-corrected chi connectivity index (χ1v) is 8.47. The smallest absolute Gasteiger partial charge is 0.417 e. The summed E-state index contributed by atoms with van der Waals surface area (Å²) in [4.78, 5) is 18.3. The second kappa shape index (κ2) is 5.72. The van der Waals surface area contributed by atoms with Crippen LogP contribution in [0.3, 0.4) is 0 Å². The average molecular weight is 397 g/mol. The Kier molecular flexibility index (Phi) is 3.71. The zero-order valence-electron chi connectivity index (χ0n) is 12.7. The van der Waals surface area contributed by atoms with Crippen LogP contribution in [0.1, 0.15) is 5.56 Å². The molecule has 0 saturated carbocycles. The van der Waals surface area contributed by atoms with Crippen LogP contribution in [0.2, 0.25) is 5.02 Å². The van der Waals surface area contributed by atoms with Gasteiger partial charge >= 0.3 is 6.18 Å². The van der Waals surface area contributed by atoms with Crippen LogP contribution >= 0.6 is 22.9 Å². The minimum absolute atomic E-state index is 0.0434. The van der Waals surface area contributed by atoms with Gasteiger partial charge in [0.15, 0.2) is 0 Å². The fraction of sp³-hybridized carbons (Fsp3) is 0.0588. The number of alkyl halides is 3. The predicted octanol–water partition coefficient (Wildman–Crippen LogP) is 5.18. The van der Waals surface area contributed by atoms with E-state index in [2.05, 4.69) is 9.97 Å². The molecule has 0 spiro atoms. The number of aromatic hydroxyl groups is 1. The maximum Gasteiger partial charge on any atom is 0.417 e. The Morgan fingerprint density at radius 3 is 2.62 bits per heavy atom. The number of pyridine rings is 2. The Bertz CT molecular complexity index is 1230. The summed E-state index contributed by atoms with van der Waals surface area (Å²) in [6.45, 7) is 0. The van der Waals surface area contributed by atoms with Gasteiger partial charge in [0.05, 0.1) is 21.5 Å². The monoisotopic (exact) mass is 396 g/mol.